The second kappa shape index (κ2) is 6.29. The van der Waals surface area contributed by atoms with Crippen LogP contribution in [-0.4, -0.2) is 23.6 Å². The predicted molar refractivity (Wildman–Crippen MR) is 78.7 cm³/mol. The first-order valence-corrected chi connectivity index (χ1v) is 6.56. The maximum Gasteiger partial charge on any atom is 0.230 e. The van der Waals surface area contributed by atoms with Crippen LogP contribution in [0, 0.1) is 6.92 Å². The van der Waals surface area contributed by atoms with Crippen LogP contribution in [0.2, 0.25) is 0 Å². The van der Waals surface area contributed by atoms with Gasteiger partial charge in [-0.05, 0) is 33.0 Å². The van der Waals surface area contributed by atoms with Crippen LogP contribution in [0.3, 0.4) is 0 Å². The summed E-state index contributed by atoms with van der Waals surface area (Å²) in [6.45, 7) is 5.77. The molecule has 4 nitrogen and oxygen atoms in total. The number of aromatic nitrogens is 2. The van der Waals surface area contributed by atoms with Gasteiger partial charge in [0.25, 0.3) is 0 Å². The van der Waals surface area contributed by atoms with Gasteiger partial charge < -0.3 is 10.2 Å². The van der Waals surface area contributed by atoms with Gasteiger partial charge in [-0.15, -0.1) is 0 Å². The molecule has 0 atom stereocenters. The quantitative estimate of drug-likeness (QED) is 0.893. The van der Waals surface area contributed by atoms with Crippen molar-refractivity contribution in [2.24, 2.45) is 0 Å². The standard InChI is InChI=1S/C15H20N4/c1-4-19(14-8-6-5-7-9-14)15-17-11-13(10-16-3)12(2)18-15/h5-9,11,16H,4,10H2,1-3H3. The van der Waals surface area contributed by atoms with Crippen molar-refractivity contribution in [1.29, 1.82) is 0 Å². The number of anilines is 2. The Kier molecular flexibility index (Phi) is 4.47. The molecule has 0 fully saturated rings. The lowest BCUT2D eigenvalue weighted by Gasteiger charge is -2.21. The predicted octanol–water partition coefficient (Wildman–Crippen LogP) is 2.66. The molecule has 0 radical (unpaired) electrons. The first-order chi connectivity index (χ1) is 9.26. The summed E-state index contributed by atoms with van der Waals surface area (Å²) in [5.74, 6) is 0.756. The normalized spacial score (nSPS) is 10.5. The topological polar surface area (TPSA) is 41.1 Å². The largest absolute Gasteiger partial charge is 0.316 e. The summed E-state index contributed by atoms with van der Waals surface area (Å²) in [5.41, 5.74) is 3.27. The van der Waals surface area contributed by atoms with E-state index in [2.05, 4.69) is 39.2 Å². The Hall–Kier alpha value is -1.94. The molecule has 0 saturated carbocycles. The minimum absolute atomic E-state index is 0.756. The van der Waals surface area contributed by atoms with Crippen LogP contribution >= 0.6 is 0 Å². The van der Waals surface area contributed by atoms with Gasteiger partial charge in [0.05, 0.1) is 0 Å². The summed E-state index contributed by atoms with van der Waals surface area (Å²) in [6, 6.07) is 10.2. The molecule has 0 aliphatic carbocycles. The van der Waals surface area contributed by atoms with E-state index in [1.807, 2.05) is 38.4 Å². The van der Waals surface area contributed by atoms with Crippen molar-refractivity contribution in [1.82, 2.24) is 15.3 Å². The van der Waals surface area contributed by atoms with E-state index in [9.17, 15) is 0 Å². The fourth-order valence-corrected chi connectivity index (χ4v) is 2.02. The molecular weight excluding hydrogens is 236 g/mol. The fourth-order valence-electron chi connectivity index (χ4n) is 2.02. The number of aryl methyl sites for hydroxylation is 1. The maximum absolute atomic E-state index is 4.61. The van der Waals surface area contributed by atoms with Crippen molar-refractivity contribution < 1.29 is 0 Å². The number of rotatable bonds is 5. The van der Waals surface area contributed by atoms with Crippen LogP contribution in [0.5, 0.6) is 0 Å². The Bertz CT molecular complexity index is 525. The summed E-state index contributed by atoms with van der Waals surface area (Å²) in [7, 11) is 1.93. The van der Waals surface area contributed by atoms with Crippen molar-refractivity contribution in [3.8, 4) is 0 Å². The lowest BCUT2D eigenvalue weighted by atomic mass is 10.2. The SMILES string of the molecule is CCN(c1ccccc1)c1ncc(CNC)c(C)n1. The van der Waals surface area contributed by atoms with Gasteiger partial charge in [0.15, 0.2) is 0 Å². The first-order valence-electron chi connectivity index (χ1n) is 6.56. The minimum atomic E-state index is 0.756. The monoisotopic (exact) mass is 256 g/mol. The van der Waals surface area contributed by atoms with Crippen LogP contribution in [0.1, 0.15) is 18.2 Å². The van der Waals surface area contributed by atoms with Gasteiger partial charge in [-0.25, -0.2) is 9.97 Å². The van der Waals surface area contributed by atoms with E-state index in [-0.39, 0.29) is 0 Å². The summed E-state index contributed by atoms with van der Waals surface area (Å²) in [5, 5.41) is 3.13. The average molecular weight is 256 g/mol. The number of nitrogens with one attached hydrogen (secondary N) is 1. The molecule has 0 aliphatic heterocycles. The van der Waals surface area contributed by atoms with E-state index in [1.165, 1.54) is 0 Å². The third-order valence-corrected chi connectivity index (χ3v) is 3.06. The van der Waals surface area contributed by atoms with Crippen molar-refractivity contribution >= 4 is 11.6 Å². The highest BCUT2D eigenvalue weighted by Crippen LogP contribution is 2.21. The van der Waals surface area contributed by atoms with Crippen LogP contribution in [0.15, 0.2) is 36.5 Å². The zero-order chi connectivity index (χ0) is 13.7. The molecule has 0 spiro atoms. The number of para-hydroxylation sites is 1. The first kappa shape index (κ1) is 13.5. The van der Waals surface area contributed by atoms with E-state index in [0.29, 0.717) is 0 Å². The van der Waals surface area contributed by atoms with Crippen molar-refractivity contribution in [3.05, 3.63) is 47.8 Å². The van der Waals surface area contributed by atoms with Crippen LogP contribution in [-0.2, 0) is 6.54 Å². The minimum Gasteiger partial charge on any atom is -0.316 e. The van der Waals surface area contributed by atoms with Gasteiger partial charge in [-0.2, -0.15) is 0 Å². The maximum atomic E-state index is 4.61. The average Bonchev–Trinajstić information content (AvgIpc) is 2.44. The number of benzene rings is 1. The second-order valence-electron chi connectivity index (χ2n) is 4.39. The highest BCUT2D eigenvalue weighted by molar-refractivity contribution is 5.56. The Morgan fingerprint density at radius 2 is 1.95 bits per heavy atom. The van der Waals surface area contributed by atoms with E-state index in [0.717, 1.165) is 36.0 Å². The second-order valence-corrected chi connectivity index (χ2v) is 4.39. The number of hydrogen-bond donors (Lipinski definition) is 1. The molecule has 0 saturated heterocycles. The molecule has 1 aromatic heterocycles. The highest BCUT2D eigenvalue weighted by Gasteiger charge is 2.11. The summed E-state index contributed by atoms with van der Waals surface area (Å²) in [6.07, 6.45) is 1.90. The zero-order valence-corrected chi connectivity index (χ0v) is 11.7. The number of nitrogens with zero attached hydrogens (tertiary/aromatic N) is 3. The Morgan fingerprint density at radius 1 is 1.21 bits per heavy atom. The Balaban J connectivity index is 2.32. The van der Waals surface area contributed by atoms with E-state index < -0.39 is 0 Å². The van der Waals surface area contributed by atoms with Gasteiger partial charge >= 0.3 is 0 Å². The van der Waals surface area contributed by atoms with Crippen molar-refractivity contribution in [2.45, 2.75) is 20.4 Å². The van der Waals surface area contributed by atoms with Gasteiger partial charge in [0, 0.05) is 36.2 Å². The summed E-state index contributed by atoms with van der Waals surface area (Å²) >= 11 is 0. The molecule has 4 heteroatoms. The van der Waals surface area contributed by atoms with Crippen molar-refractivity contribution in [3.63, 3.8) is 0 Å². The lowest BCUT2D eigenvalue weighted by molar-refractivity contribution is 0.792. The van der Waals surface area contributed by atoms with E-state index in [1.54, 1.807) is 0 Å². The molecule has 2 aromatic rings. The van der Waals surface area contributed by atoms with Gasteiger partial charge in [-0.3, -0.25) is 0 Å². The third-order valence-electron chi connectivity index (χ3n) is 3.06. The zero-order valence-electron chi connectivity index (χ0n) is 11.7. The van der Waals surface area contributed by atoms with Crippen LogP contribution in [0.4, 0.5) is 11.6 Å². The molecule has 0 unspecified atom stereocenters. The lowest BCUT2D eigenvalue weighted by Crippen LogP contribution is -2.20. The molecule has 19 heavy (non-hydrogen) atoms. The highest BCUT2D eigenvalue weighted by atomic mass is 15.2. The smallest absolute Gasteiger partial charge is 0.230 e. The summed E-state index contributed by atoms with van der Waals surface area (Å²) < 4.78 is 0. The molecular formula is C15H20N4. The van der Waals surface area contributed by atoms with Crippen LogP contribution < -0.4 is 10.2 Å². The molecule has 0 aliphatic rings. The van der Waals surface area contributed by atoms with E-state index in [4.69, 9.17) is 0 Å². The molecule has 1 heterocycles. The molecule has 0 bridgehead atoms. The van der Waals surface area contributed by atoms with Gasteiger partial charge in [0.2, 0.25) is 5.95 Å². The molecule has 0 amide bonds. The van der Waals surface area contributed by atoms with Crippen molar-refractivity contribution in [2.75, 3.05) is 18.5 Å². The Morgan fingerprint density at radius 3 is 2.53 bits per heavy atom. The fraction of sp³-hybridized carbons (Fsp3) is 0.333. The van der Waals surface area contributed by atoms with Gasteiger partial charge in [0.1, 0.15) is 0 Å². The molecule has 1 N–H and O–H groups in total. The third kappa shape index (κ3) is 3.09. The van der Waals surface area contributed by atoms with Gasteiger partial charge in [-0.1, -0.05) is 18.2 Å². The summed E-state index contributed by atoms with van der Waals surface area (Å²) in [4.78, 5) is 11.2. The van der Waals surface area contributed by atoms with Crippen LogP contribution in [0.25, 0.3) is 0 Å². The molecule has 100 valence electrons. The molecule has 1 aromatic carbocycles. The Labute approximate surface area is 114 Å². The van der Waals surface area contributed by atoms with E-state index >= 15 is 0 Å². The number of hydrogen-bond acceptors (Lipinski definition) is 4. The molecule has 2 rings (SSSR count).